The Morgan fingerprint density at radius 2 is 2.03 bits per heavy atom. The van der Waals surface area contributed by atoms with Gasteiger partial charge >= 0.3 is 6.09 Å². The lowest BCUT2D eigenvalue weighted by Crippen LogP contribution is -2.34. The summed E-state index contributed by atoms with van der Waals surface area (Å²) in [5.41, 5.74) is 2.10. The van der Waals surface area contributed by atoms with Gasteiger partial charge in [-0.05, 0) is 42.1 Å². The third kappa shape index (κ3) is 5.57. The van der Waals surface area contributed by atoms with E-state index in [2.05, 4.69) is 34.8 Å². The van der Waals surface area contributed by atoms with E-state index >= 15 is 4.39 Å². The largest absolute Gasteiger partial charge is 0.447 e. The molecule has 1 aliphatic carbocycles. The predicted octanol–water partition coefficient (Wildman–Crippen LogP) is 5.23. The molecule has 1 unspecified atom stereocenters. The first-order valence-electron chi connectivity index (χ1n) is 13.3. The Hall–Kier alpha value is -3.64. The molecule has 1 aromatic carbocycles. The lowest BCUT2D eigenvalue weighted by Gasteiger charge is -2.20. The molecule has 0 spiro atoms. The summed E-state index contributed by atoms with van der Waals surface area (Å²) in [4.78, 5) is 23.2. The second-order valence-corrected chi connectivity index (χ2v) is 17.2. The summed E-state index contributed by atoms with van der Waals surface area (Å²) < 4.78 is 29.5. The number of benzene rings is 1. The highest BCUT2D eigenvalue weighted by Gasteiger charge is 2.39. The van der Waals surface area contributed by atoms with Crippen molar-refractivity contribution >= 4 is 25.6 Å². The van der Waals surface area contributed by atoms with Gasteiger partial charge in [-0.15, -0.1) is 5.10 Å². The van der Waals surface area contributed by atoms with E-state index in [9.17, 15) is 4.79 Å². The number of rotatable bonds is 10. The van der Waals surface area contributed by atoms with Crippen molar-refractivity contribution in [2.45, 2.75) is 57.7 Å². The number of anilines is 1. The predicted molar refractivity (Wildman–Crippen MR) is 146 cm³/mol. The SMILES string of the molecule is C[Si](C)(C)CCOCn1cnc(-c2ccc(-c3cnn4ccc(N5C(=O)OCC5CC5CC5)nc34)cc2F)n1. The first-order valence-corrected chi connectivity index (χ1v) is 17.0. The number of hydrogen-bond acceptors (Lipinski definition) is 7. The van der Waals surface area contributed by atoms with E-state index < -0.39 is 13.9 Å². The number of carbonyl (C=O) groups is 1. The third-order valence-corrected chi connectivity index (χ3v) is 8.85. The zero-order valence-corrected chi connectivity index (χ0v) is 23.4. The number of nitrogens with zero attached hydrogens (tertiary/aromatic N) is 7. The van der Waals surface area contributed by atoms with Crippen molar-refractivity contribution in [3.05, 3.63) is 48.8 Å². The second-order valence-electron chi connectivity index (χ2n) is 11.5. The van der Waals surface area contributed by atoms with Gasteiger partial charge < -0.3 is 9.47 Å². The summed E-state index contributed by atoms with van der Waals surface area (Å²) in [6.45, 7) is 8.21. The number of fused-ring (bicyclic) bond motifs is 1. The summed E-state index contributed by atoms with van der Waals surface area (Å²) in [5, 5.41) is 8.77. The quantitative estimate of drug-likeness (QED) is 0.197. The monoisotopic (exact) mass is 549 g/mol. The van der Waals surface area contributed by atoms with Crippen molar-refractivity contribution in [3.63, 3.8) is 0 Å². The van der Waals surface area contributed by atoms with E-state index in [1.807, 2.05) is 0 Å². The van der Waals surface area contributed by atoms with Crippen molar-refractivity contribution in [2.24, 2.45) is 5.92 Å². The van der Waals surface area contributed by atoms with Gasteiger partial charge in [-0.2, -0.15) is 5.10 Å². The minimum atomic E-state index is -1.17. The Morgan fingerprint density at radius 3 is 2.79 bits per heavy atom. The van der Waals surface area contributed by atoms with E-state index in [0.29, 0.717) is 53.1 Å². The summed E-state index contributed by atoms with van der Waals surface area (Å²) in [6.07, 6.45) is 7.87. The van der Waals surface area contributed by atoms with Crippen molar-refractivity contribution in [1.29, 1.82) is 0 Å². The van der Waals surface area contributed by atoms with Crippen LogP contribution in [0.4, 0.5) is 15.0 Å². The van der Waals surface area contributed by atoms with Gasteiger partial charge in [0.05, 0.1) is 17.8 Å². The molecule has 1 amide bonds. The standard InChI is InChI=1S/C27H32FN7O3Si/c1-39(2,3)11-10-37-17-33-16-29-25(32-33)21-7-6-19(13-23(21)28)22-14-30-34-9-8-24(31-26(22)34)35-20(12-18-4-5-18)15-38-27(35)36/h6-9,13-14,16,18,20H,4-5,10-12,15,17H2,1-3H3. The Kier molecular flexibility index (Phi) is 6.67. The molecule has 0 bridgehead atoms. The molecular formula is C27H32FN7O3Si. The number of carbonyl (C=O) groups excluding carboxylic acids is 1. The van der Waals surface area contributed by atoms with Gasteiger partial charge in [0.25, 0.3) is 0 Å². The molecule has 0 N–H and O–H groups in total. The molecule has 4 heterocycles. The smallest absolute Gasteiger partial charge is 0.415 e. The molecule has 1 aliphatic heterocycles. The minimum Gasteiger partial charge on any atom is -0.447 e. The lowest BCUT2D eigenvalue weighted by atomic mass is 10.1. The van der Waals surface area contributed by atoms with Gasteiger partial charge in [0.15, 0.2) is 11.5 Å². The molecule has 1 atom stereocenters. The van der Waals surface area contributed by atoms with E-state index in [1.165, 1.54) is 18.9 Å². The maximum atomic E-state index is 15.3. The van der Waals surface area contributed by atoms with Crippen LogP contribution in [0, 0.1) is 11.7 Å². The Morgan fingerprint density at radius 1 is 1.18 bits per heavy atom. The highest BCUT2D eigenvalue weighted by atomic mass is 28.3. The zero-order valence-electron chi connectivity index (χ0n) is 22.4. The van der Waals surface area contributed by atoms with E-state index in [-0.39, 0.29) is 18.9 Å². The van der Waals surface area contributed by atoms with Crippen LogP contribution in [0.1, 0.15) is 19.3 Å². The molecule has 3 aromatic heterocycles. The van der Waals surface area contributed by atoms with Gasteiger partial charge in [-0.3, -0.25) is 4.90 Å². The maximum absolute atomic E-state index is 15.3. The highest BCUT2D eigenvalue weighted by Crippen LogP contribution is 2.37. The summed E-state index contributed by atoms with van der Waals surface area (Å²) >= 11 is 0. The molecule has 6 rings (SSSR count). The average molecular weight is 550 g/mol. The molecule has 0 radical (unpaired) electrons. The summed E-state index contributed by atoms with van der Waals surface area (Å²) in [7, 11) is -1.17. The van der Waals surface area contributed by atoms with Gasteiger partial charge in [-0.25, -0.2) is 28.4 Å². The van der Waals surface area contributed by atoms with E-state index in [0.717, 1.165) is 12.5 Å². The Labute approximate surface area is 226 Å². The van der Waals surface area contributed by atoms with Gasteiger partial charge in [0.2, 0.25) is 0 Å². The number of ether oxygens (including phenoxy) is 2. The zero-order chi connectivity index (χ0) is 27.1. The normalized spacial score (nSPS) is 17.8. The molecule has 2 aliphatic rings. The topological polar surface area (TPSA) is 99.7 Å². The maximum Gasteiger partial charge on any atom is 0.415 e. The van der Waals surface area contributed by atoms with Crippen molar-refractivity contribution < 1.29 is 18.7 Å². The van der Waals surface area contributed by atoms with Crippen molar-refractivity contribution in [1.82, 2.24) is 29.4 Å². The Bertz CT molecular complexity index is 1510. The lowest BCUT2D eigenvalue weighted by molar-refractivity contribution is 0.0784. The fourth-order valence-corrected chi connectivity index (χ4v) is 5.49. The molecule has 1 saturated heterocycles. The van der Waals surface area contributed by atoms with Crippen molar-refractivity contribution in [2.75, 3.05) is 18.1 Å². The van der Waals surface area contributed by atoms with E-state index in [4.69, 9.17) is 14.5 Å². The number of halogens is 1. The molecule has 39 heavy (non-hydrogen) atoms. The molecule has 12 heteroatoms. The fourth-order valence-electron chi connectivity index (χ4n) is 4.73. The van der Waals surface area contributed by atoms with Crippen LogP contribution in [0.15, 0.2) is 43.0 Å². The average Bonchev–Trinajstić information content (AvgIpc) is 3.26. The molecular weight excluding hydrogens is 517 g/mol. The van der Waals surface area contributed by atoms with Crippen LogP contribution in [-0.2, 0) is 16.2 Å². The number of hydrogen-bond donors (Lipinski definition) is 0. The molecule has 4 aromatic rings. The minimum absolute atomic E-state index is 0.0268. The number of aromatic nitrogens is 6. The van der Waals surface area contributed by atoms with Crippen LogP contribution >= 0.6 is 0 Å². The highest BCUT2D eigenvalue weighted by molar-refractivity contribution is 6.76. The molecule has 1 saturated carbocycles. The molecule has 2 fully saturated rings. The van der Waals surface area contributed by atoms with Crippen LogP contribution in [0.2, 0.25) is 25.7 Å². The van der Waals surface area contributed by atoms with Crippen LogP contribution in [0.3, 0.4) is 0 Å². The molecule has 10 nitrogen and oxygen atoms in total. The first-order chi connectivity index (χ1) is 18.7. The van der Waals surface area contributed by atoms with Crippen LogP contribution in [-0.4, -0.2) is 62.8 Å². The van der Waals surface area contributed by atoms with Crippen LogP contribution in [0.25, 0.3) is 28.2 Å². The van der Waals surface area contributed by atoms with Crippen molar-refractivity contribution in [3.8, 4) is 22.5 Å². The Balaban J connectivity index is 1.21. The first kappa shape index (κ1) is 25.6. The van der Waals surface area contributed by atoms with Gasteiger partial charge in [0, 0.05) is 26.4 Å². The summed E-state index contributed by atoms with van der Waals surface area (Å²) in [6, 6.07) is 7.69. The van der Waals surface area contributed by atoms with Gasteiger partial charge in [0.1, 0.15) is 31.3 Å². The molecule has 204 valence electrons. The number of amides is 1. The van der Waals surface area contributed by atoms with Crippen LogP contribution < -0.4 is 4.90 Å². The fraction of sp³-hybridized carbons (Fsp3) is 0.444. The third-order valence-electron chi connectivity index (χ3n) is 7.14. The van der Waals surface area contributed by atoms with E-state index in [1.54, 1.807) is 51.0 Å². The van der Waals surface area contributed by atoms with Crippen LogP contribution in [0.5, 0.6) is 0 Å². The van der Waals surface area contributed by atoms with Gasteiger partial charge in [-0.1, -0.05) is 38.5 Å². The second kappa shape index (κ2) is 10.2. The number of cyclic esters (lactones) is 1. The summed E-state index contributed by atoms with van der Waals surface area (Å²) in [5.74, 6) is 0.998.